The molecule has 0 spiro atoms. The van der Waals surface area contributed by atoms with Gasteiger partial charge in [-0.1, -0.05) is 25.1 Å². The van der Waals surface area contributed by atoms with E-state index < -0.39 is 36.2 Å². The van der Waals surface area contributed by atoms with Crippen LogP contribution in [0.1, 0.15) is 19.4 Å². The minimum Gasteiger partial charge on any atom is -0.335 e. The molecule has 1 aliphatic heterocycles. The first-order valence-electron chi connectivity index (χ1n) is 8.59. The van der Waals surface area contributed by atoms with E-state index in [4.69, 9.17) is 0 Å². The molecule has 9 heteroatoms. The van der Waals surface area contributed by atoms with Gasteiger partial charge in [-0.25, -0.2) is 9.69 Å². The highest BCUT2D eigenvalue weighted by Crippen LogP contribution is 2.15. The maximum Gasteiger partial charge on any atom is 0.334 e. The van der Waals surface area contributed by atoms with E-state index in [9.17, 15) is 24.0 Å². The zero-order chi connectivity index (χ0) is 20.1. The number of imide groups is 2. The van der Waals surface area contributed by atoms with Crippen molar-refractivity contribution in [3.63, 3.8) is 0 Å². The standard InChI is InChI=1S/C18H22N4O5/c1-4-12-8-6-7-9-13(12)19-14(23)10-20(3)15(24)11-22-17(26)16(25)21(5-2)18(22)27/h6-9H,4-5,10-11H2,1-3H3,(H,19,23). The van der Waals surface area contributed by atoms with Gasteiger partial charge in [0.05, 0.1) is 6.54 Å². The Balaban J connectivity index is 1.95. The van der Waals surface area contributed by atoms with Crippen LogP contribution >= 0.6 is 0 Å². The van der Waals surface area contributed by atoms with Crippen LogP contribution in [0.2, 0.25) is 0 Å². The Bertz CT molecular complexity index is 792. The van der Waals surface area contributed by atoms with Crippen LogP contribution in [0.25, 0.3) is 0 Å². The van der Waals surface area contributed by atoms with Gasteiger partial charge in [0, 0.05) is 19.3 Å². The van der Waals surface area contributed by atoms with Crippen LogP contribution in [0.4, 0.5) is 10.5 Å². The third-order valence-electron chi connectivity index (χ3n) is 4.22. The molecule has 144 valence electrons. The van der Waals surface area contributed by atoms with Gasteiger partial charge < -0.3 is 10.2 Å². The van der Waals surface area contributed by atoms with E-state index in [2.05, 4.69) is 5.32 Å². The molecule has 1 heterocycles. The lowest BCUT2D eigenvalue weighted by molar-refractivity contribution is -0.144. The Morgan fingerprint density at radius 2 is 1.67 bits per heavy atom. The predicted molar refractivity (Wildman–Crippen MR) is 96.6 cm³/mol. The number of nitrogens with one attached hydrogen (secondary N) is 1. The van der Waals surface area contributed by atoms with Crippen LogP contribution in [0.5, 0.6) is 0 Å². The number of para-hydroxylation sites is 1. The van der Waals surface area contributed by atoms with Crippen molar-refractivity contribution in [3.8, 4) is 0 Å². The highest BCUT2D eigenvalue weighted by atomic mass is 16.2. The minimum absolute atomic E-state index is 0.0448. The Hall–Kier alpha value is -3.23. The molecule has 1 fully saturated rings. The minimum atomic E-state index is -1.04. The van der Waals surface area contributed by atoms with Crippen molar-refractivity contribution in [1.82, 2.24) is 14.7 Å². The Kier molecular flexibility index (Phi) is 6.27. The fraction of sp³-hybridized carbons (Fsp3) is 0.389. The summed E-state index contributed by atoms with van der Waals surface area (Å²) in [5, 5.41) is 2.74. The van der Waals surface area contributed by atoms with Crippen LogP contribution in [0.15, 0.2) is 24.3 Å². The predicted octanol–water partition coefficient (Wildman–Crippen LogP) is 0.457. The molecule has 9 nitrogen and oxygen atoms in total. The summed E-state index contributed by atoms with van der Waals surface area (Å²) in [4.78, 5) is 62.5. The zero-order valence-electron chi connectivity index (χ0n) is 15.5. The fourth-order valence-corrected chi connectivity index (χ4v) is 2.67. The molecule has 0 radical (unpaired) electrons. The second-order valence-electron chi connectivity index (χ2n) is 6.03. The average Bonchev–Trinajstić information content (AvgIpc) is 2.84. The number of aryl methyl sites for hydroxylation is 1. The van der Waals surface area contributed by atoms with Gasteiger partial charge in [0.2, 0.25) is 11.8 Å². The first-order chi connectivity index (χ1) is 12.8. The number of hydrogen-bond donors (Lipinski definition) is 1. The summed E-state index contributed by atoms with van der Waals surface area (Å²) in [6.45, 7) is 2.72. The SMILES string of the molecule is CCc1ccccc1NC(=O)CN(C)C(=O)CN1C(=O)C(=O)N(CC)C1=O. The molecule has 27 heavy (non-hydrogen) atoms. The van der Waals surface area contributed by atoms with Gasteiger partial charge in [-0.3, -0.25) is 24.1 Å². The van der Waals surface area contributed by atoms with Crippen LogP contribution in [0, 0.1) is 0 Å². The monoisotopic (exact) mass is 374 g/mol. The normalized spacial score (nSPS) is 14.0. The van der Waals surface area contributed by atoms with Gasteiger partial charge in [0.25, 0.3) is 0 Å². The van der Waals surface area contributed by atoms with Gasteiger partial charge >= 0.3 is 17.8 Å². The van der Waals surface area contributed by atoms with E-state index in [-0.39, 0.29) is 13.1 Å². The fourth-order valence-electron chi connectivity index (χ4n) is 2.67. The number of anilines is 1. The summed E-state index contributed by atoms with van der Waals surface area (Å²) in [5.74, 6) is -3.02. The zero-order valence-corrected chi connectivity index (χ0v) is 15.5. The van der Waals surface area contributed by atoms with Crippen molar-refractivity contribution in [2.45, 2.75) is 20.3 Å². The molecule has 0 atom stereocenters. The molecule has 0 bridgehead atoms. The first kappa shape index (κ1) is 20.1. The van der Waals surface area contributed by atoms with E-state index in [1.165, 1.54) is 7.05 Å². The van der Waals surface area contributed by atoms with E-state index in [0.717, 1.165) is 21.8 Å². The summed E-state index contributed by atoms with van der Waals surface area (Å²) >= 11 is 0. The molecule has 0 unspecified atom stereocenters. The Morgan fingerprint density at radius 1 is 1.04 bits per heavy atom. The molecule has 1 aliphatic rings. The maximum atomic E-state index is 12.3. The summed E-state index contributed by atoms with van der Waals surface area (Å²) in [7, 11) is 1.39. The van der Waals surface area contributed by atoms with Crippen molar-refractivity contribution < 1.29 is 24.0 Å². The lowest BCUT2D eigenvalue weighted by Crippen LogP contribution is -2.44. The Labute approximate surface area is 156 Å². The first-order valence-corrected chi connectivity index (χ1v) is 8.59. The van der Waals surface area contributed by atoms with E-state index in [1.54, 1.807) is 19.1 Å². The molecular weight excluding hydrogens is 352 g/mol. The summed E-state index contributed by atoms with van der Waals surface area (Å²) in [6, 6.07) is 6.51. The topological polar surface area (TPSA) is 107 Å². The van der Waals surface area contributed by atoms with Gasteiger partial charge in [-0.15, -0.1) is 0 Å². The van der Waals surface area contributed by atoms with Crippen LogP contribution in [0.3, 0.4) is 0 Å². The van der Waals surface area contributed by atoms with Crippen molar-refractivity contribution >= 4 is 35.3 Å². The number of carbonyl (C=O) groups is 5. The van der Waals surface area contributed by atoms with E-state index in [0.29, 0.717) is 10.6 Å². The van der Waals surface area contributed by atoms with E-state index >= 15 is 0 Å². The smallest absolute Gasteiger partial charge is 0.334 e. The maximum absolute atomic E-state index is 12.3. The Morgan fingerprint density at radius 3 is 2.26 bits per heavy atom. The third kappa shape index (κ3) is 4.30. The summed E-state index contributed by atoms with van der Waals surface area (Å²) < 4.78 is 0. The number of carbonyl (C=O) groups excluding carboxylic acids is 5. The number of hydrogen-bond acceptors (Lipinski definition) is 5. The van der Waals surface area contributed by atoms with Gasteiger partial charge in [-0.2, -0.15) is 0 Å². The van der Waals surface area contributed by atoms with Gasteiger partial charge in [0.15, 0.2) is 0 Å². The van der Waals surface area contributed by atoms with Crippen LogP contribution in [-0.2, 0) is 25.6 Å². The van der Waals surface area contributed by atoms with E-state index in [1.807, 2.05) is 19.1 Å². The number of amides is 6. The molecular formula is C18H22N4O5. The number of benzene rings is 1. The largest absolute Gasteiger partial charge is 0.335 e. The number of rotatable bonds is 7. The number of nitrogens with zero attached hydrogens (tertiary/aromatic N) is 3. The third-order valence-corrected chi connectivity index (χ3v) is 4.22. The highest BCUT2D eigenvalue weighted by Gasteiger charge is 2.44. The lowest BCUT2D eigenvalue weighted by atomic mass is 10.1. The molecule has 0 aromatic heterocycles. The molecule has 6 amide bonds. The molecule has 0 aliphatic carbocycles. The van der Waals surface area contributed by atoms with Gasteiger partial charge in [0.1, 0.15) is 6.54 Å². The molecule has 1 saturated heterocycles. The van der Waals surface area contributed by atoms with Crippen molar-refractivity contribution in [1.29, 1.82) is 0 Å². The summed E-state index contributed by atoms with van der Waals surface area (Å²) in [5.41, 5.74) is 1.63. The van der Waals surface area contributed by atoms with Crippen molar-refractivity contribution in [2.24, 2.45) is 0 Å². The molecule has 1 aromatic carbocycles. The lowest BCUT2D eigenvalue weighted by Gasteiger charge is -2.20. The second-order valence-corrected chi connectivity index (χ2v) is 6.03. The summed E-state index contributed by atoms with van der Waals surface area (Å²) in [6.07, 6.45) is 0.742. The molecule has 1 aromatic rings. The molecule has 1 N–H and O–H groups in total. The number of likely N-dealkylation sites (N-methyl/N-ethyl adjacent to an activating group) is 2. The molecule has 2 rings (SSSR count). The quantitative estimate of drug-likeness (QED) is 0.551. The number of urea groups is 1. The van der Waals surface area contributed by atoms with Crippen molar-refractivity contribution in [3.05, 3.63) is 29.8 Å². The van der Waals surface area contributed by atoms with Crippen LogP contribution < -0.4 is 5.32 Å². The second kappa shape index (κ2) is 8.43. The highest BCUT2D eigenvalue weighted by molar-refractivity contribution is 6.45. The van der Waals surface area contributed by atoms with Gasteiger partial charge in [-0.05, 0) is 25.0 Å². The average molecular weight is 374 g/mol. The van der Waals surface area contributed by atoms with Crippen molar-refractivity contribution in [2.75, 3.05) is 32.0 Å². The molecule has 0 saturated carbocycles. The van der Waals surface area contributed by atoms with Crippen LogP contribution in [-0.4, -0.2) is 71.0 Å².